The summed E-state index contributed by atoms with van der Waals surface area (Å²) in [7, 11) is 2.85. The minimum absolute atomic E-state index is 0.0556. The van der Waals surface area contributed by atoms with Crippen molar-refractivity contribution in [3.8, 4) is 11.5 Å². The van der Waals surface area contributed by atoms with Gasteiger partial charge in [-0.25, -0.2) is 0 Å². The molecule has 214 valence electrons. The van der Waals surface area contributed by atoms with Crippen molar-refractivity contribution in [1.29, 1.82) is 0 Å². The lowest BCUT2D eigenvalue weighted by molar-refractivity contribution is -0.142. The zero-order valence-corrected chi connectivity index (χ0v) is 24.0. The predicted molar refractivity (Wildman–Crippen MR) is 164 cm³/mol. The second-order valence-electron chi connectivity index (χ2n) is 9.52. The van der Waals surface area contributed by atoms with Crippen molar-refractivity contribution in [2.45, 2.75) is 18.9 Å². The Balaban J connectivity index is 1.25. The van der Waals surface area contributed by atoms with E-state index in [0.29, 0.717) is 36.6 Å². The highest BCUT2D eigenvalue weighted by atomic mass is 32.1. The average Bonchev–Trinajstić information content (AvgIpc) is 3.33. The second kappa shape index (κ2) is 13.2. The fourth-order valence-electron chi connectivity index (χ4n) is 4.84. The van der Waals surface area contributed by atoms with Crippen molar-refractivity contribution in [3.63, 3.8) is 0 Å². The van der Waals surface area contributed by atoms with Gasteiger partial charge >= 0.3 is 10.8 Å². The first kappa shape index (κ1) is 28.6. The van der Waals surface area contributed by atoms with Crippen LogP contribution in [0.4, 0.5) is 0 Å². The number of phenolic OH excluding ortho intramolecular Hbond substituents is 1. The van der Waals surface area contributed by atoms with Crippen molar-refractivity contribution >= 4 is 33.2 Å². The van der Waals surface area contributed by atoms with Crippen molar-refractivity contribution in [2.75, 3.05) is 20.8 Å². The minimum atomic E-state index is -0.633. The molecular formula is C33H30N2O6S. The van der Waals surface area contributed by atoms with Crippen LogP contribution in [0.1, 0.15) is 28.2 Å². The molecule has 0 spiro atoms. The molecule has 5 rings (SSSR count). The fraction of sp³-hybridized carbons (Fsp3) is 0.182. The van der Waals surface area contributed by atoms with Gasteiger partial charge in [-0.3, -0.25) is 14.2 Å². The molecular weight excluding hydrogens is 552 g/mol. The van der Waals surface area contributed by atoms with E-state index in [0.717, 1.165) is 26.9 Å². The summed E-state index contributed by atoms with van der Waals surface area (Å²) >= 11 is 1.18. The molecule has 5 aromatic rings. The average molecular weight is 583 g/mol. The van der Waals surface area contributed by atoms with Gasteiger partial charge in [0.05, 0.1) is 29.8 Å². The number of fused-ring (bicyclic) bond motifs is 1. The molecule has 42 heavy (non-hydrogen) atoms. The molecule has 0 amide bonds. The van der Waals surface area contributed by atoms with Crippen LogP contribution >= 0.6 is 11.3 Å². The van der Waals surface area contributed by atoms with Gasteiger partial charge in [0.2, 0.25) is 0 Å². The SMILES string of the molecule is CON=C(c1ccccc1)c1ccc2c(c1)sc(=O)n2CCOc1ccc(CC(C(=O)OC)c2ccccc2O)cc1. The largest absolute Gasteiger partial charge is 0.508 e. The third-order valence-corrected chi connectivity index (χ3v) is 7.86. The summed E-state index contributed by atoms with van der Waals surface area (Å²) in [5.74, 6) is -0.347. The van der Waals surface area contributed by atoms with E-state index in [1.165, 1.54) is 25.6 Å². The van der Waals surface area contributed by atoms with E-state index >= 15 is 0 Å². The van der Waals surface area contributed by atoms with Gasteiger partial charge < -0.3 is 19.4 Å². The Morgan fingerprint density at radius 1 is 0.929 bits per heavy atom. The summed E-state index contributed by atoms with van der Waals surface area (Å²) in [5.41, 5.74) is 4.71. The van der Waals surface area contributed by atoms with Gasteiger partial charge in [-0.2, -0.15) is 0 Å². The van der Waals surface area contributed by atoms with Crippen LogP contribution in [-0.2, 0) is 27.3 Å². The molecule has 1 heterocycles. The van der Waals surface area contributed by atoms with Crippen LogP contribution in [0.25, 0.3) is 10.2 Å². The van der Waals surface area contributed by atoms with Gasteiger partial charge in [0.1, 0.15) is 30.9 Å². The molecule has 0 saturated heterocycles. The molecule has 9 heteroatoms. The number of aromatic hydroxyl groups is 1. The van der Waals surface area contributed by atoms with Crippen molar-refractivity contribution in [1.82, 2.24) is 4.57 Å². The smallest absolute Gasteiger partial charge is 0.313 e. The van der Waals surface area contributed by atoms with Crippen LogP contribution in [-0.4, -0.2) is 42.2 Å². The van der Waals surface area contributed by atoms with Gasteiger partial charge in [0, 0.05) is 16.7 Å². The Hall–Kier alpha value is -4.89. The van der Waals surface area contributed by atoms with E-state index in [-0.39, 0.29) is 10.6 Å². The molecule has 0 aliphatic carbocycles. The van der Waals surface area contributed by atoms with E-state index in [4.69, 9.17) is 14.3 Å². The van der Waals surface area contributed by atoms with Crippen LogP contribution < -0.4 is 9.61 Å². The van der Waals surface area contributed by atoms with Crippen LogP contribution in [0.3, 0.4) is 0 Å². The Morgan fingerprint density at radius 2 is 1.67 bits per heavy atom. The van der Waals surface area contributed by atoms with Crippen molar-refractivity contribution in [2.24, 2.45) is 5.16 Å². The molecule has 0 fully saturated rings. The topological polar surface area (TPSA) is 99.3 Å². The molecule has 1 unspecified atom stereocenters. The summed E-state index contributed by atoms with van der Waals surface area (Å²) < 4.78 is 13.5. The van der Waals surface area contributed by atoms with Gasteiger partial charge in [0.25, 0.3) is 0 Å². The van der Waals surface area contributed by atoms with E-state index in [2.05, 4.69) is 5.16 Å². The number of hydrogen-bond donors (Lipinski definition) is 1. The molecule has 0 aliphatic heterocycles. The summed E-state index contributed by atoms with van der Waals surface area (Å²) in [4.78, 5) is 30.3. The first-order chi connectivity index (χ1) is 20.5. The summed E-state index contributed by atoms with van der Waals surface area (Å²) in [6.07, 6.45) is 0.365. The number of para-hydroxylation sites is 1. The number of nitrogens with zero attached hydrogens (tertiary/aromatic N) is 2. The molecule has 0 bridgehead atoms. The number of methoxy groups -OCH3 is 1. The maximum atomic E-state index is 12.8. The Kier molecular flexibility index (Phi) is 8.99. The maximum absolute atomic E-state index is 12.8. The quantitative estimate of drug-likeness (QED) is 0.121. The molecule has 1 aromatic heterocycles. The second-order valence-corrected chi connectivity index (χ2v) is 10.5. The third-order valence-electron chi connectivity index (χ3n) is 6.92. The minimum Gasteiger partial charge on any atom is -0.508 e. The number of rotatable bonds is 11. The van der Waals surface area contributed by atoms with E-state index in [1.807, 2.05) is 72.8 Å². The lowest BCUT2D eigenvalue weighted by atomic mass is 9.91. The molecule has 1 N–H and O–H groups in total. The van der Waals surface area contributed by atoms with Gasteiger partial charge in [-0.1, -0.05) is 83.2 Å². The number of carbonyl (C=O) groups is 1. The number of phenols is 1. The number of hydrogen-bond acceptors (Lipinski definition) is 8. The van der Waals surface area contributed by atoms with Crippen LogP contribution in [0.15, 0.2) is 107 Å². The Bertz CT molecular complexity index is 1760. The standard InChI is InChI=1S/C33H30N2O6S/c1-39-32(37)27(26-10-6-7-11-29(26)36)20-22-12-15-25(16-13-22)41-19-18-35-28-17-14-24(21-30(28)42-33(35)38)31(34-40-2)23-8-4-3-5-9-23/h3-17,21,27,36H,18-20H2,1-2H3. The number of carbonyl (C=O) groups excluding carboxylic acids is 1. The fourth-order valence-corrected chi connectivity index (χ4v) is 5.80. The van der Waals surface area contributed by atoms with Gasteiger partial charge in [0.15, 0.2) is 0 Å². The lowest BCUT2D eigenvalue weighted by Crippen LogP contribution is -2.18. The number of aromatic nitrogens is 1. The Labute approximate surface area is 247 Å². The number of oxime groups is 1. The van der Waals surface area contributed by atoms with Crippen LogP contribution in [0.5, 0.6) is 11.5 Å². The molecule has 4 aromatic carbocycles. The van der Waals surface area contributed by atoms with Gasteiger partial charge in [-0.05, 0) is 42.3 Å². The number of thiazole rings is 1. The van der Waals surface area contributed by atoms with Crippen LogP contribution in [0.2, 0.25) is 0 Å². The van der Waals surface area contributed by atoms with E-state index in [1.54, 1.807) is 28.8 Å². The molecule has 0 aliphatic rings. The first-order valence-corrected chi connectivity index (χ1v) is 14.2. The number of ether oxygens (including phenoxy) is 2. The van der Waals surface area contributed by atoms with Crippen molar-refractivity contribution < 1.29 is 24.2 Å². The number of esters is 1. The maximum Gasteiger partial charge on any atom is 0.313 e. The summed E-state index contributed by atoms with van der Waals surface area (Å²) in [6.45, 7) is 0.686. The Morgan fingerprint density at radius 3 is 2.38 bits per heavy atom. The molecule has 0 radical (unpaired) electrons. The first-order valence-electron chi connectivity index (χ1n) is 13.4. The normalized spacial score (nSPS) is 12.2. The summed E-state index contributed by atoms with van der Waals surface area (Å²) in [6, 6.07) is 29.8. The zero-order chi connectivity index (χ0) is 29.5. The molecule has 0 saturated carbocycles. The third kappa shape index (κ3) is 6.37. The zero-order valence-electron chi connectivity index (χ0n) is 23.2. The van der Waals surface area contributed by atoms with E-state index in [9.17, 15) is 14.7 Å². The van der Waals surface area contributed by atoms with Crippen LogP contribution in [0, 0.1) is 0 Å². The molecule has 1 atom stereocenters. The lowest BCUT2D eigenvalue weighted by Gasteiger charge is -2.16. The number of benzene rings is 4. The van der Waals surface area contributed by atoms with Gasteiger partial charge in [-0.15, -0.1) is 0 Å². The molecule has 8 nitrogen and oxygen atoms in total. The summed E-state index contributed by atoms with van der Waals surface area (Å²) in [5, 5.41) is 14.5. The van der Waals surface area contributed by atoms with E-state index < -0.39 is 11.9 Å². The monoisotopic (exact) mass is 582 g/mol. The highest BCUT2D eigenvalue weighted by Crippen LogP contribution is 2.30. The van der Waals surface area contributed by atoms with Crippen molar-refractivity contribution in [3.05, 3.63) is 129 Å². The highest BCUT2D eigenvalue weighted by molar-refractivity contribution is 7.16. The predicted octanol–water partition coefficient (Wildman–Crippen LogP) is 5.75. The highest BCUT2D eigenvalue weighted by Gasteiger charge is 2.24.